The van der Waals surface area contributed by atoms with Gasteiger partial charge in [-0.1, -0.05) is 45.0 Å². The molecule has 0 saturated carbocycles. The lowest BCUT2D eigenvalue weighted by Crippen LogP contribution is -2.04. The predicted molar refractivity (Wildman–Crippen MR) is 130 cm³/mol. The molecule has 162 valence electrons. The lowest BCUT2D eigenvalue weighted by atomic mass is 9.91. The van der Waals surface area contributed by atoms with E-state index < -0.39 is 0 Å². The van der Waals surface area contributed by atoms with Gasteiger partial charge in [0.25, 0.3) is 0 Å². The van der Waals surface area contributed by atoms with Gasteiger partial charge in [0.15, 0.2) is 0 Å². The molecule has 32 heavy (non-hydrogen) atoms. The second-order valence-corrected chi connectivity index (χ2v) is 8.30. The molecule has 0 aliphatic carbocycles. The average Bonchev–Trinajstić information content (AvgIpc) is 2.88. The standard InChI is InChI=1S/C28H30N4/c1-4-20(3)24-9-8-16-30-28(24)27-13-11-21(18-31-27)17-22(5-2)23-12-14-26(32-19-23)25-10-6-7-15-29-25/h6-16,18-20,22H,4-5,17H2,1-3H3/t20-,22+/m0/s1. The molecule has 0 aromatic carbocycles. The van der Waals surface area contributed by atoms with Gasteiger partial charge in [-0.3, -0.25) is 19.9 Å². The second-order valence-electron chi connectivity index (χ2n) is 8.30. The molecule has 2 atom stereocenters. The first-order chi connectivity index (χ1) is 15.7. The molecule has 4 heterocycles. The normalized spacial score (nSPS) is 13.0. The molecule has 4 aromatic heterocycles. The quantitative estimate of drug-likeness (QED) is 0.311. The molecule has 0 radical (unpaired) electrons. The molecule has 4 rings (SSSR count). The smallest absolute Gasteiger partial charge is 0.0920 e. The zero-order chi connectivity index (χ0) is 22.3. The Morgan fingerprint density at radius 2 is 1.47 bits per heavy atom. The van der Waals surface area contributed by atoms with Gasteiger partial charge in [0.2, 0.25) is 0 Å². The highest BCUT2D eigenvalue weighted by Crippen LogP contribution is 2.29. The fourth-order valence-corrected chi connectivity index (χ4v) is 4.03. The second kappa shape index (κ2) is 10.3. The van der Waals surface area contributed by atoms with Crippen LogP contribution < -0.4 is 0 Å². The predicted octanol–water partition coefficient (Wildman–Crippen LogP) is 6.85. The van der Waals surface area contributed by atoms with E-state index in [0.29, 0.717) is 11.8 Å². The third kappa shape index (κ3) is 4.91. The largest absolute Gasteiger partial charge is 0.255 e. The van der Waals surface area contributed by atoms with Crippen molar-refractivity contribution in [2.45, 2.75) is 51.9 Å². The van der Waals surface area contributed by atoms with Gasteiger partial charge in [0, 0.05) is 24.8 Å². The molecule has 0 N–H and O–H groups in total. The number of hydrogen-bond donors (Lipinski definition) is 0. The van der Waals surface area contributed by atoms with E-state index in [2.05, 4.69) is 66.1 Å². The maximum Gasteiger partial charge on any atom is 0.0920 e. The molecule has 0 amide bonds. The van der Waals surface area contributed by atoms with Gasteiger partial charge in [-0.25, -0.2) is 0 Å². The van der Waals surface area contributed by atoms with Crippen molar-refractivity contribution in [2.75, 3.05) is 0 Å². The number of rotatable bonds is 8. The topological polar surface area (TPSA) is 51.6 Å². The Kier molecular flexibility index (Phi) is 7.00. The molecule has 0 fully saturated rings. The monoisotopic (exact) mass is 422 g/mol. The molecular formula is C28H30N4. The van der Waals surface area contributed by atoms with Crippen molar-refractivity contribution in [3.63, 3.8) is 0 Å². The summed E-state index contributed by atoms with van der Waals surface area (Å²) in [7, 11) is 0. The summed E-state index contributed by atoms with van der Waals surface area (Å²) in [4.78, 5) is 18.5. The lowest BCUT2D eigenvalue weighted by Gasteiger charge is -2.16. The van der Waals surface area contributed by atoms with E-state index in [-0.39, 0.29) is 0 Å². The molecule has 0 aliphatic heterocycles. The van der Waals surface area contributed by atoms with Crippen molar-refractivity contribution < 1.29 is 0 Å². The third-order valence-electron chi connectivity index (χ3n) is 6.21. The van der Waals surface area contributed by atoms with Crippen LogP contribution in [0.15, 0.2) is 79.4 Å². The Hall–Kier alpha value is -3.40. The van der Waals surface area contributed by atoms with Crippen LogP contribution in [0.2, 0.25) is 0 Å². The highest BCUT2D eigenvalue weighted by molar-refractivity contribution is 5.59. The van der Waals surface area contributed by atoms with E-state index in [1.54, 1.807) is 6.20 Å². The van der Waals surface area contributed by atoms with Crippen LogP contribution in [-0.2, 0) is 6.42 Å². The van der Waals surface area contributed by atoms with Gasteiger partial charge in [0.1, 0.15) is 0 Å². The minimum atomic E-state index is 0.401. The van der Waals surface area contributed by atoms with Crippen molar-refractivity contribution >= 4 is 0 Å². The SMILES string of the molecule is CC[C@H](Cc1ccc(-c2ncccc2[C@@H](C)CC)nc1)c1ccc(-c2ccccn2)nc1. The summed E-state index contributed by atoms with van der Waals surface area (Å²) in [6, 6.07) is 18.6. The summed E-state index contributed by atoms with van der Waals surface area (Å²) in [6.45, 7) is 6.68. The number of hydrogen-bond acceptors (Lipinski definition) is 4. The maximum atomic E-state index is 4.77. The van der Waals surface area contributed by atoms with E-state index in [0.717, 1.165) is 42.0 Å². The number of aromatic nitrogens is 4. The molecule has 4 aromatic rings. The zero-order valence-electron chi connectivity index (χ0n) is 19.1. The van der Waals surface area contributed by atoms with Gasteiger partial charge < -0.3 is 0 Å². The van der Waals surface area contributed by atoms with Gasteiger partial charge in [-0.2, -0.15) is 0 Å². The van der Waals surface area contributed by atoms with E-state index >= 15 is 0 Å². The van der Waals surface area contributed by atoms with E-state index in [9.17, 15) is 0 Å². The van der Waals surface area contributed by atoms with Crippen LogP contribution in [0.4, 0.5) is 0 Å². The molecular weight excluding hydrogens is 392 g/mol. The summed E-state index contributed by atoms with van der Waals surface area (Å²) < 4.78 is 0. The molecule has 4 heteroatoms. The summed E-state index contributed by atoms with van der Waals surface area (Å²) in [5, 5.41) is 0. The van der Waals surface area contributed by atoms with E-state index in [1.165, 1.54) is 16.7 Å². The van der Waals surface area contributed by atoms with Gasteiger partial charge in [-0.15, -0.1) is 0 Å². The van der Waals surface area contributed by atoms with Crippen molar-refractivity contribution in [3.05, 3.63) is 96.1 Å². The first kappa shape index (κ1) is 21.8. The van der Waals surface area contributed by atoms with Crippen LogP contribution in [-0.4, -0.2) is 19.9 Å². The van der Waals surface area contributed by atoms with Gasteiger partial charge >= 0.3 is 0 Å². The molecule has 0 spiro atoms. The number of pyridine rings is 4. The van der Waals surface area contributed by atoms with Crippen molar-refractivity contribution in [2.24, 2.45) is 0 Å². The summed E-state index contributed by atoms with van der Waals surface area (Å²) in [6.07, 6.45) is 10.7. The Morgan fingerprint density at radius 1 is 0.688 bits per heavy atom. The maximum absolute atomic E-state index is 4.77. The van der Waals surface area contributed by atoms with Gasteiger partial charge in [-0.05, 0) is 78.1 Å². The van der Waals surface area contributed by atoms with E-state index in [4.69, 9.17) is 4.98 Å². The Morgan fingerprint density at radius 3 is 2.12 bits per heavy atom. The van der Waals surface area contributed by atoms with Gasteiger partial charge in [0.05, 0.1) is 22.8 Å². The highest BCUT2D eigenvalue weighted by Gasteiger charge is 2.15. The Balaban J connectivity index is 1.50. The fourth-order valence-electron chi connectivity index (χ4n) is 4.03. The van der Waals surface area contributed by atoms with Crippen LogP contribution in [0.3, 0.4) is 0 Å². The molecule has 0 bridgehead atoms. The molecule has 4 nitrogen and oxygen atoms in total. The van der Waals surface area contributed by atoms with Crippen molar-refractivity contribution in [1.29, 1.82) is 0 Å². The van der Waals surface area contributed by atoms with Crippen LogP contribution in [0.5, 0.6) is 0 Å². The average molecular weight is 423 g/mol. The van der Waals surface area contributed by atoms with Crippen LogP contribution in [0.1, 0.15) is 62.1 Å². The van der Waals surface area contributed by atoms with Crippen LogP contribution >= 0.6 is 0 Å². The number of nitrogens with zero attached hydrogens (tertiary/aromatic N) is 4. The molecule has 0 aliphatic rings. The first-order valence-electron chi connectivity index (χ1n) is 11.5. The summed E-state index contributed by atoms with van der Waals surface area (Å²) in [5.74, 6) is 0.865. The van der Waals surface area contributed by atoms with Crippen molar-refractivity contribution in [1.82, 2.24) is 19.9 Å². The van der Waals surface area contributed by atoms with Crippen molar-refractivity contribution in [3.8, 4) is 22.8 Å². The zero-order valence-corrected chi connectivity index (χ0v) is 19.1. The Bertz CT molecular complexity index is 1120. The first-order valence-corrected chi connectivity index (χ1v) is 11.5. The highest BCUT2D eigenvalue weighted by atomic mass is 14.8. The minimum absolute atomic E-state index is 0.401. The molecule has 0 unspecified atom stereocenters. The van der Waals surface area contributed by atoms with Crippen LogP contribution in [0.25, 0.3) is 22.8 Å². The Labute approximate surface area is 190 Å². The summed E-state index contributed by atoms with van der Waals surface area (Å²) >= 11 is 0. The van der Waals surface area contributed by atoms with Crippen LogP contribution in [0, 0.1) is 0 Å². The summed E-state index contributed by atoms with van der Waals surface area (Å²) in [5.41, 5.74) is 7.49. The van der Waals surface area contributed by atoms with E-state index in [1.807, 2.05) is 42.9 Å². The lowest BCUT2D eigenvalue weighted by molar-refractivity contribution is 0.656. The molecule has 0 saturated heterocycles. The minimum Gasteiger partial charge on any atom is -0.255 e. The third-order valence-corrected chi connectivity index (χ3v) is 6.21. The fraction of sp³-hybridized carbons (Fsp3) is 0.286.